The van der Waals surface area contributed by atoms with E-state index in [1.165, 1.54) is 25.0 Å². The van der Waals surface area contributed by atoms with Gasteiger partial charge in [0.25, 0.3) is 5.91 Å². The molecular formula is C21H23FN2O2. The summed E-state index contributed by atoms with van der Waals surface area (Å²) in [7, 11) is 0. The monoisotopic (exact) mass is 354 g/mol. The lowest BCUT2D eigenvalue weighted by Gasteiger charge is -2.25. The molecule has 0 aliphatic carbocycles. The molecule has 136 valence electrons. The first-order valence-electron chi connectivity index (χ1n) is 9.19. The van der Waals surface area contributed by atoms with Gasteiger partial charge in [0.15, 0.2) is 0 Å². The SMILES string of the molecule is O=C(c1ccc(-c2cccc(F)c2)cc1)N1C[C@H](O)[C@@H](N2CCCC2)C1. The Labute approximate surface area is 152 Å². The lowest BCUT2D eigenvalue weighted by atomic mass is 10.0. The molecule has 0 saturated carbocycles. The number of aliphatic hydroxyl groups is 1. The van der Waals surface area contributed by atoms with Crippen LogP contribution in [0.4, 0.5) is 4.39 Å². The Morgan fingerprint density at radius 2 is 1.73 bits per heavy atom. The molecule has 26 heavy (non-hydrogen) atoms. The zero-order valence-corrected chi connectivity index (χ0v) is 14.6. The summed E-state index contributed by atoms with van der Waals surface area (Å²) in [5, 5.41) is 10.4. The molecule has 2 atom stereocenters. The van der Waals surface area contributed by atoms with Crippen molar-refractivity contribution in [2.24, 2.45) is 0 Å². The molecule has 2 heterocycles. The summed E-state index contributed by atoms with van der Waals surface area (Å²) in [6, 6.07) is 13.7. The fourth-order valence-electron chi connectivity index (χ4n) is 4.02. The Balaban J connectivity index is 1.46. The zero-order valence-electron chi connectivity index (χ0n) is 14.6. The fraction of sp³-hybridized carbons (Fsp3) is 0.381. The van der Waals surface area contributed by atoms with Gasteiger partial charge in [0.2, 0.25) is 0 Å². The maximum Gasteiger partial charge on any atom is 0.253 e. The number of carbonyl (C=O) groups excluding carboxylic acids is 1. The van der Waals surface area contributed by atoms with Crippen LogP contribution in [-0.4, -0.2) is 59.1 Å². The van der Waals surface area contributed by atoms with Crippen LogP contribution in [0.2, 0.25) is 0 Å². The van der Waals surface area contributed by atoms with Crippen LogP contribution in [-0.2, 0) is 0 Å². The molecule has 1 amide bonds. The van der Waals surface area contributed by atoms with Gasteiger partial charge in [-0.15, -0.1) is 0 Å². The summed E-state index contributed by atoms with van der Waals surface area (Å²) in [6.07, 6.45) is 1.85. The molecule has 4 rings (SSSR count). The minimum Gasteiger partial charge on any atom is -0.390 e. The van der Waals surface area contributed by atoms with Crippen molar-refractivity contribution in [2.45, 2.75) is 25.0 Å². The average Bonchev–Trinajstić information content (AvgIpc) is 3.31. The Morgan fingerprint density at radius 3 is 2.42 bits per heavy atom. The summed E-state index contributed by atoms with van der Waals surface area (Å²) < 4.78 is 13.4. The van der Waals surface area contributed by atoms with Crippen LogP contribution in [0.3, 0.4) is 0 Å². The number of aliphatic hydroxyl groups excluding tert-OH is 1. The van der Waals surface area contributed by atoms with E-state index in [0.717, 1.165) is 24.2 Å². The highest BCUT2D eigenvalue weighted by Crippen LogP contribution is 2.24. The highest BCUT2D eigenvalue weighted by Gasteiger charge is 2.38. The smallest absolute Gasteiger partial charge is 0.253 e. The second-order valence-electron chi connectivity index (χ2n) is 7.18. The van der Waals surface area contributed by atoms with Gasteiger partial charge in [-0.3, -0.25) is 9.69 Å². The number of likely N-dealkylation sites (tertiary alicyclic amines) is 2. The number of nitrogens with zero attached hydrogens (tertiary/aromatic N) is 2. The van der Waals surface area contributed by atoms with Crippen LogP contribution >= 0.6 is 0 Å². The van der Waals surface area contributed by atoms with Crippen molar-refractivity contribution in [3.63, 3.8) is 0 Å². The van der Waals surface area contributed by atoms with Crippen LogP contribution in [0.5, 0.6) is 0 Å². The quantitative estimate of drug-likeness (QED) is 0.922. The number of β-amino-alcohol motifs (C(OH)–C–C–N with tert-alkyl or cyclic N) is 1. The van der Waals surface area contributed by atoms with Gasteiger partial charge in [0.1, 0.15) is 5.82 Å². The van der Waals surface area contributed by atoms with E-state index in [2.05, 4.69) is 4.90 Å². The van der Waals surface area contributed by atoms with E-state index >= 15 is 0 Å². The molecule has 2 fully saturated rings. The van der Waals surface area contributed by atoms with Crippen molar-refractivity contribution in [2.75, 3.05) is 26.2 Å². The topological polar surface area (TPSA) is 43.8 Å². The second kappa shape index (κ2) is 7.17. The number of hydrogen-bond acceptors (Lipinski definition) is 3. The van der Waals surface area contributed by atoms with E-state index in [0.29, 0.717) is 18.7 Å². The van der Waals surface area contributed by atoms with Gasteiger partial charge in [-0.1, -0.05) is 24.3 Å². The summed E-state index contributed by atoms with van der Waals surface area (Å²) in [6.45, 7) is 2.97. The van der Waals surface area contributed by atoms with Crippen LogP contribution in [0.1, 0.15) is 23.2 Å². The van der Waals surface area contributed by atoms with Gasteiger partial charge < -0.3 is 10.0 Å². The van der Waals surface area contributed by atoms with Crippen LogP contribution < -0.4 is 0 Å². The van der Waals surface area contributed by atoms with E-state index in [-0.39, 0.29) is 17.8 Å². The van der Waals surface area contributed by atoms with E-state index < -0.39 is 6.10 Å². The van der Waals surface area contributed by atoms with Gasteiger partial charge in [0, 0.05) is 18.7 Å². The normalized spacial score (nSPS) is 23.5. The highest BCUT2D eigenvalue weighted by atomic mass is 19.1. The molecule has 2 aliphatic heterocycles. The number of carbonyl (C=O) groups is 1. The maximum atomic E-state index is 13.4. The Bertz CT molecular complexity index is 787. The number of hydrogen-bond donors (Lipinski definition) is 1. The molecule has 0 spiro atoms. The summed E-state index contributed by atoms with van der Waals surface area (Å²) >= 11 is 0. The van der Waals surface area contributed by atoms with Crippen molar-refractivity contribution in [3.8, 4) is 11.1 Å². The first kappa shape index (κ1) is 17.2. The van der Waals surface area contributed by atoms with E-state index in [1.807, 2.05) is 18.2 Å². The van der Waals surface area contributed by atoms with Crippen molar-refractivity contribution < 1.29 is 14.3 Å². The zero-order chi connectivity index (χ0) is 18.1. The molecule has 0 unspecified atom stereocenters. The molecular weight excluding hydrogens is 331 g/mol. The van der Waals surface area contributed by atoms with Crippen LogP contribution in [0.25, 0.3) is 11.1 Å². The minimum absolute atomic E-state index is 0.0491. The average molecular weight is 354 g/mol. The van der Waals surface area contributed by atoms with Crippen LogP contribution in [0.15, 0.2) is 48.5 Å². The third kappa shape index (κ3) is 3.37. The Kier molecular flexibility index (Phi) is 4.74. The Morgan fingerprint density at radius 1 is 1.00 bits per heavy atom. The molecule has 0 bridgehead atoms. The molecule has 2 aromatic rings. The van der Waals surface area contributed by atoms with Gasteiger partial charge in [-0.05, 0) is 61.3 Å². The maximum absolute atomic E-state index is 13.4. The summed E-state index contributed by atoms with van der Waals surface area (Å²) in [5.74, 6) is -0.335. The van der Waals surface area contributed by atoms with Crippen molar-refractivity contribution >= 4 is 5.91 Å². The van der Waals surface area contributed by atoms with Crippen molar-refractivity contribution in [1.29, 1.82) is 0 Å². The molecule has 1 N–H and O–H groups in total. The van der Waals surface area contributed by atoms with Crippen molar-refractivity contribution in [1.82, 2.24) is 9.80 Å². The predicted octanol–water partition coefficient (Wildman–Crippen LogP) is 2.77. The van der Waals surface area contributed by atoms with E-state index in [9.17, 15) is 14.3 Å². The second-order valence-corrected chi connectivity index (χ2v) is 7.18. The predicted molar refractivity (Wildman–Crippen MR) is 98.3 cm³/mol. The molecule has 0 aromatic heterocycles. The molecule has 0 radical (unpaired) electrons. The standard InChI is InChI=1S/C21H23FN2O2/c22-18-5-3-4-17(12-18)15-6-8-16(9-7-15)21(26)24-13-19(20(25)14-24)23-10-1-2-11-23/h3-9,12,19-20,25H,1-2,10-11,13-14H2/t19-,20-/m0/s1. The molecule has 5 heteroatoms. The number of halogens is 1. The highest BCUT2D eigenvalue weighted by molar-refractivity contribution is 5.95. The van der Waals surface area contributed by atoms with Gasteiger partial charge in [-0.25, -0.2) is 4.39 Å². The van der Waals surface area contributed by atoms with E-state index in [1.54, 1.807) is 23.1 Å². The van der Waals surface area contributed by atoms with Crippen LogP contribution in [0, 0.1) is 5.82 Å². The summed E-state index contributed by atoms with van der Waals surface area (Å²) in [4.78, 5) is 16.8. The molecule has 4 nitrogen and oxygen atoms in total. The largest absolute Gasteiger partial charge is 0.390 e. The first-order chi connectivity index (χ1) is 12.6. The molecule has 2 saturated heterocycles. The Hall–Kier alpha value is -2.24. The number of rotatable bonds is 3. The van der Waals surface area contributed by atoms with Crippen molar-refractivity contribution in [3.05, 3.63) is 59.9 Å². The lowest BCUT2D eigenvalue weighted by molar-refractivity contribution is 0.0763. The third-order valence-electron chi connectivity index (χ3n) is 5.45. The minimum atomic E-state index is -0.483. The van der Waals surface area contributed by atoms with Gasteiger partial charge in [0.05, 0.1) is 12.1 Å². The summed E-state index contributed by atoms with van der Waals surface area (Å²) in [5.41, 5.74) is 2.26. The number of amides is 1. The molecule has 2 aliphatic rings. The third-order valence-corrected chi connectivity index (χ3v) is 5.45. The van der Waals surface area contributed by atoms with Gasteiger partial charge >= 0.3 is 0 Å². The first-order valence-corrected chi connectivity index (χ1v) is 9.19. The number of benzene rings is 2. The lowest BCUT2D eigenvalue weighted by Crippen LogP contribution is -2.41. The fourth-order valence-corrected chi connectivity index (χ4v) is 4.02. The van der Waals surface area contributed by atoms with E-state index in [4.69, 9.17) is 0 Å². The van der Waals surface area contributed by atoms with Gasteiger partial charge in [-0.2, -0.15) is 0 Å². The molecule has 2 aromatic carbocycles.